The molecule has 0 aliphatic carbocycles. The Morgan fingerprint density at radius 3 is 2.58 bits per heavy atom. The summed E-state index contributed by atoms with van der Waals surface area (Å²) in [6, 6.07) is -1.93. The molecular formula is C13H23N5O7S. The van der Waals surface area contributed by atoms with Crippen LogP contribution in [0.5, 0.6) is 0 Å². The van der Waals surface area contributed by atoms with Crippen molar-refractivity contribution in [2.75, 3.05) is 6.54 Å². The summed E-state index contributed by atoms with van der Waals surface area (Å²) in [5, 5.41) is 0. The second-order valence-electron chi connectivity index (χ2n) is 5.22. The van der Waals surface area contributed by atoms with E-state index in [0.29, 0.717) is 18.7 Å². The van der Waals surface area contributed by atoms with Crippen LogP contribution in [0.2, 0.25) is 0 Å². The number of carbonyl (C=O) groups excluding carboxylic acids is 2. The molecule has 0 fully saturated rings. The molecule has 1 rings (SSSR count). The Balaban J connectivity index is 2.68. The van der Waals surface area contributed by atoms with Gasteiger partial charge in [0.1, 0.15) is 18.5 Å². The summed E-state index contributed by atoms with van der Waals surface area (Å²) in [7, 11) is -3.09. The van der Waals surface area contributed by atoms with Crippen LogP contribution in [0.15, 0.2) is 12.4 Å². The third-order valence-electron chi connectivity index (χ3n) is 3.37. The molecule has 0 spiro atoms. The van der Waals surface area contributed by atoms with Crippen LogP contribution in [0.3, 0.4) is 0 Å². The van der Waals surface area contributed by atoms with E-state index in [4.69, 9.17) is 9.39 Å². The molecule has 1 aromatic rings. The van der Waals surface area contributed by atoms with Crippen LogP contribution in [0.1, 0.15) is 32.5 Å². The molecule has 0 aromatic carbocycles. The highest BCUT2D eigenvalue weighted by Crippen LogP contribution is 2.09. The number of hydroxylamine groups is 2. The van der Waals surface area contributed by atoms with E-state index in [2.05, 4.69) is 14.7 Å². The maximum Gasteiger partial charge on any atom is 0.418 e. The SMILES string of the molecule is CCC[C@@H](C(=O)NOCc1nccn1C)N(CC)C(=O)NOS(=O)(=O)O. The van der Waals surface area contributed by atoms with Crippen LogP contribution in [-0.4, -0.2) is 51.9 Å². The number of aromatic nitrogens is 2. The normalized spacial score (nSPS) is 12.5. The molecule has 1 atom stereocenters. The van der Waals surface area contributed by atoms with Crippen molar-refractivity contribution in [3.05, 3.63) is 18.2 Å². The summed E-state index contributed by atoms with van der Waals surface area (Å²) in [5.41, 5.74) is 3.82. The largest absolute Gasteiger partial charge is 0.418 e. The van der Waals surface area contributed by atoms with Crippen molar-refractivity contribution in [2.24, 2.45) is 7.05 Å². The van der Waals surface area contributed by atoms with Gasteiger partial charge in [-0.05, 0) is 13.3 Å². The maximum atomic E-state index is 12.4. The number of aryl methyl sites for hydroxylation is 1. The van der Waals surface area contributed by atoms with E-state index in [-0.39, 0.29) is 13.2 Å². The van der Waals surface area contributed by atoms with Crippen molar-refractivity contribution >= 4 is 22.3 Å². The number of hydrogen-bond donors (Lipinski definition) is 3. The fourth-order valence-corrected chi connectivity index (χ4v) is 2.31. The summed E-state index contributed by atoms with van der Waals surface area (Å²) in [5.74, 6) is -0.00565. The molecular weight excluding hydrogens is 370 g/mol. The monoisotopic (exact) mass is 393 g/mol. The van der Waals surface area contributed by atoms with Crippen LogP contribution in [0.4, 0.5) is 4.79 Å². The Labute approximate surface area is 151 Å². The summed E-state index contributed by atoms with van der Waals surface area (Å²) < 4.78 is 35.2. The zero-order valence-electron chi connectivity index (χ0n) is 14.7. The van der Waals surface area contributed by atoms with Crippen LogP contribution in [-0.2, 0) is 38.0 Å². The van der Waals surface area contributed by atoms with E-state index >= 15 is 0 Å². The van der Waals surface area contributed by atoms with Crippen LogP contribution < -0.4 is 11.0 Å². The van der Waals surface area contributed by atoms with Gasteiger partial charge in [-0.25, -0.2) is 15.3 Å². The molecule has 0 aliphatic heterocycles. The first-order chi connectivity index (χ1) is 12.2. The molecule has 0 saturated heterocycles. The van der Waals surface area contributed by atoms with E-state index in [1.54, 1.807) is 36.4 Å². The van der Waals surface area contributed by atoms with Crippen molar-refractivity contribution in [2.45, 2.75) is 39.3 Å². The minimum atomic E-state index is -4.86. The van der Waals surface area contributed by atoms with Crippen LogP contribution in [0.25, 0.3) is 0 Å². The Morgan fingerprint density at radius 1 is 1.38 bits per heavy atom. The third kappa shape index (κ3) is 6.95. The molecule has 3 N–H and O–H groups in total. The van der Waals surface area contributed by atoms with Gasteiger partial charge in [0, 0.05) is 26.0 Å². The van der Waals surface area contributed by atoms with Crippen molar-refractivity contribution in [3.63, 3.8) is 0 Å². The first kappa shape index (κ1) is 21.8. The zero-order chi connectivity index (χ0) is 19.7. The molecule has 0 unspecified atom stereocenters. The number of imidazole rings is 1. The van der Waals surface area contributed by atoms with Crippen LogP contribution in [0, 0.1) is 0 Å². The van der Waals surface area contributed by atoms with E-state index < -0.39 is 28.4 Å². The fraction of sp³-hybridized carbons (Fsp3) is 0.615. The summed E-state index contributed by atoms with van der Waals surface area (Å²) >= 11 is 0. The lowest BCUT2D eigenvalue weighted by Gasteiger charge is -2.29. The standard InChI is InChI=1S/C13H23N5O7S/c1-4-6-10(18(5-2)13(20)16-25-26(21,22)23)12(19)15-24-9-11-14-7-8-17(11)3/h7-8,10H,4-6,9H2,1-3H3,(H,15,19)(H,16,20)(H,21,22,23)/t10-/m0/s1. The van der Waals surface area contributed by atoms with E-state index in [1.807, 2.05) is 6.92 Å². The Bertz CT molecular complexity index is 705. The number of nitrogens with zero attached hydrogens (tertiary/aromatic N) is 3. The minimum Gasteiger partial charge on any atom is -0.336 e. The second-order valence-corrected chi connectivity index (χ2v) is 6.24. The number of likely N-dealkylation sites (N-methyl/N-ethyl adjacent to an activating group) is 1. The van der Waals surface area contributed by atoms with Crippen molar-refractivity contribution in [3.8, 4) is 0 Å². The third-order valence-corrected chi connectivity index (χ3v) is 3.67. The van der Waals surface area contributed by atoms with Crippen molar-refractivity contribution in [1.82, 2.24) is 25.4 Å². The smallest absolute Gasteiger partial charge is 0.336 e. The molecule has 0 bridgehead atoms. The Kier molecular flexibility index (Phi) is 8.44. The second kappa shape index (κ2) is 10.1. The average molecular weight is 393 g/mol. The van der Waals surface area contributed by atoms with Gasteiger partial charge in [0.05, 0.1) is 0 Å². The lowest BCUT2D eigenvalue weighted by molar-refractivity contribution is -0.139. The topological polar surface area (TPSA) is 152 Å². The number of urea groups is 1. The summed E-state index contributed by atoms with van der Waals surface area (Å²) in [6.45, 7) is 3.52. The van der Waals surface area contributed by atoms with Crippen molar-refractivity contribution in [1.29, 1.82) is 0 Å². The highest BCUT2D eigenvalue weighted by molar-refractivity contribution is 7.80. The predicted molar refractivity (Wildman–Crippen MR) is 88.4 cm³/mol. The van der Waals surface area contributed by atoms with Gasteiger partial charge < -0.3 is 9.47 Å². The summed E-state index contributed by atoms with van der Waals surface area (Å²) in [4.78, 5) is 34.6. The molecule has 0 saturated carbocycles. The van der Waals surface area contributed by atoms with Crippen LogP contribution >= 0.6 is 0 Å². The number of carbonyl (C=O) groups is 2. The Morgan fingerprint density at radius 2 is 2.08 bits per heavy atom. The fourth-order valence-electron chi connectivity index (χ4n) is 2.13. The minimum absolute atomic E-state index is 0.0261. The summed E-state index contributed by atoms with van der Waals surface area (Å²) in [6.07, 6.45) is 4.17. The maximum absolute atomic E-state index is 12.4. The van der Waals surface area contributed by atoms with E-state index in [0.717, 1.165) is 4.90 Å². The lowest BCUT2D eigenvalue weighted by Crippen LogP contribution is -2.52. The number of rotatable bonds is 10. The highest BCUT2D eigenvalue weighted by atomic mass is 32.3. The molecule has 1 aromatic heterocycles. The van der Waals surface area contributed by atoms with Gasteiger partial charge >= 0.3 is 16.4 Å². The number of nitrogens with one attached hydrogen (secondary N) is 2. The first-order valence-corrected chi connectivity index (χ1v) is 9.16. The van der Waals surface area contributed by atoms with E-state index in [1.165, 1.54) is 0 Å². The van der Waals surface area contributed by atoms with Gasteiger partial charge in [0.25, 0.3) is 5.91 Å². The van der Waals surface area contributed by atoms with E-state index in [9.17, 15) is 18.0 Å². The van der Waals surface area contributed by atoms with Gasteiger partial charge in [-0.1, -0.05) is 13.3 Å². The molecule has 13 heteroatoms. The average Bonchev–Trinajstić information content (AvgIpc) is 2.97. The molecule has 1 heterocycles. The first-order valence-electron chi connectivity index (χ1n) is 7.79. The molecule has 26 heavy (non-hydrogen) atoms. The quantitative estimate of drug-likeness (QED) is 0.368. The van der Waals surface area contributed by atoms with Gasteiger partial charge in [-0.15, -0.1) is 4.28 Å². The van der Waals surface area contributed by atoms with Gasteiger partial charge in [-0.2, -0.15) is 13.9 Å². The molecule has 3 amide bonds. The Hall–Kier alpha value is -2.22. The molecule has 148 valence electrons. The highest BCUT2D eigenvalue weighted by Gasteiger charge is 2.29. The molecule has 12 nitrogen and oxygen atoms in total. The number of hydrogen-bond acceptors (Lipinski definition) is 7. The zero-order valence-corrected chi connectivity index (χ0v) is 15.5. The molecule has 0 aliphatic rings. The van der Waals surface area contributed by atoms with Crippen molar-refractivity contribution < 1.29 is 31.7 Å². The lowest BCUT2D eigenvalue weighted by atomic mass is 10.1. The van der Waals surface area contributed by atoms with Gasteiger partial charge in [0.15, 0.2) is 0 Å². The predicted octanol–water partition coefficient (Wildman–Crippen LogP) is -0.0975. The van der Waals surface area contributed by atoms with Gasteiger partial charge in [-0.3, -0.25) is 14.2 Å². The van der Waals surface area contributed by atoms with Gasteiger partial charge in [0.2, 0.25) is 0 Å². The molecule has 0 radical (unpaired) electrons. The number of amides is 3.